The lowest BCUT2D eigenvalue weighted by atomic mass is 9.97. The summed E-state index contributed by atoms with van der Waals surface area (Å²) in [4.78, 5) is 0. The second-order valence-electron chi connectivity index (χ2n) is 5.90. The Morgan fingerprint density at radius 2 is 1.75 bits per heavy atom. The molecule has 20 heavy (non-hydrogen) atoms. The van der Waals surface area contributed by atoms with Gasteiger partial charge >= 0.3 is 0 Å². The molecule has 0 bridgehead atoms. The van der Waals surface area contributed by atoms with Crippen LogP contribution >= 0.6 is 0 Å². The van der Waals surface area contributed by atoms with Gasteiger partial charge in [0, 0.05) is 17.6 Å². The van der Waals surface area contributed by atoms with Gasteiger partial charge in [0.15, 0.2) is 0 Å². The minimum Gasteiger partial charge on any atom is -0.375 e. The van der Waals surface area contributed by atoms with E-state index in [0.29, 0.717) is 12.5 Å². The zero-order chi connectivity index (χ0) is 14.7. The first-order valence-electron chi connectivity index (χ1n) is 7.30. The van der Waals surface area contributed by atoms with Gasteiger partial charge in [0.2, 0.25) is 0 Å². The van der Waals surface area contributed by atoms with Crippen LogP contribution in [0.3, 0.4) is 0 Å². The van der Waals surface area contributed by atoms with Crippen molar-refractivity contribution in [2.45, 2.75) is 64.3 Å². The molecule has 3 atom stereocenters. The van der Waals surface area contributed by atoms with Crippen LogP contribution in [-0.2, 0) is 11.2 Å². The van der Waals surface area contributed by atoms with Crippen LogP contribution in [0.2, 0.25) is 0 Å². The summed E-state index contributed by atoms with van der Waals surface area (Å²) in [7, 11) is 0. The molecule has 112 valence electrons. The number of ether oxygens (including phenoxy) is 1. The van der Waals surface area contributed by atoms with E-state index in [1.165, 1.54) is 18.2 Å². The van der Waals surface area contributed by atoms with Gasteiger partial charge in [-0.05, 0) is 52.2 Å². The number of nitrogens with one attached hydrogen (secondary N) is 1. The highest BCUT2D eigenvalue weighted by molar-refractivity contribution is 5.20. The summed E-state index contributed by atoms with van der Waals surface area (Å²) in [5.74, 6) is -0.931. The van der Waals surface area contributed by atoms with E-state index in [1.807, 2.05) is 6.92 Å². The third-order valence-electron chi connectivity index (χ3n) is 3.79. The first kappa shape index (κ1) is 15.4. The van der Waals surface area contributed by atoms with Crippen molar-refractivity contribution in [1.82, 2.24) is 5.32 Å². The molecule has 2 rings (SSSR count). The Morgan fingerprint density at radius 1 is 1.20 bits per heavy atom. The predicted molar refractivity (Wildman–Crippen MR) is 75.7 cm³/mol. The first-order chi connectivity index (χ1) is 9.45. The summed E-state index contributed by atoms with van der Waals surface area (Å²) < 4.78 is 32.9. The van der Waals surface area contributed by atoms with Gasteiger partial charge in [-0.2, -0.15) is 0 Å². The van der Waals surface area contributed by atoms with Gasteiger partial charge in [0.05, 0.1) is 12.2 Å². The average molecular weight is 283 g/mol. The highest BCUT2D eigenvalue weighted by Crippen LogP contribution is 2.20. The highest BCUT2D eigenvalue weighted by Gasteiger charge is 2.25. The lowest BCUT2D eigenvalue weighted by molar-refractivity contribution is -0.0433. The average Bonchev–Trinajstić information content (AvgIpc) is 2.32. The van der Waals surface area contributed by atoms with Crippen LogP contribution in [0.15, 0.2) is 18.2 Å². The fourth-order valence-corrected chi connectivity index (χ4v) is 3.04. The van der Waals surface area contributed by atoms with E-state index in [9.17, 15) is 8.78 Å². The Kier molecular flexibility index (Phi) is 5.11. The van der Waals surface area contributed by atoms with Gasteiger partial charge in [-0.15, -0.1) is 0 Å². The van der Waals surface area contributed by atoms with Crippen molar-refractivity contribution >= 4 is 0 Å². The van der Waals surface area contributed by atoms with E-state index in [0.717, 1.165) is 12.8 Å². The summed E-state index contributed by atoms with van der Waals surface area (Å²) in [6.45, 7) is 6.09. The molecule has 0 amide bonds. The number of halogens is 2. The lowest BCUT2D eigenvalue weighted by Gasteiger charge is -2.34. The molecule has 1 heterocycles. The molecule has 0 aromatic heterocycles. The van der Waals surface area contributed by atoms with E-state index in [2.05, 4.69) is 19.2 Å². The Balaban J connectivity index is 1.94. The van der Waals surface area contributed by atoms with Crippen LogP contribution in [0.5, 0.6) is 0 Å². The summed E-state index contributed by atoms with van der Waals surface area (Å²) in [5, 5.41) is 3.47. The molecule has 1 fully saturated rings. The van der Waals surface area contributed by atoms with Gasteiger partial charge < -0.3 is 10.1 Å². The van der Waals surface area contributed by atoms with E-state index in [4.69, 9.17) is 4.74 Å². The summed E-state index contributed by atoms with van der Waals surface area (Å²) >= 11 is 0. The fourth-order valence-electron chi connectivity index (χ4n) is 3.04. The van der Waals surface area contributed by atoms with E-state index < -0.39 is 11.6 Å². The molecule has 0 saturated carbocycles. The molecule has 0 radical (unpaired) electrons. The smallest absolute Gasteiger partial charge is 0.129 e. The van der Waals surface area contributed by atoms with Gasteiger partial charge in [-0.1, -0.05) is 6.07 Å². The van der Waals surface area contributed by atoms with Crippen LogP contribution in [0, 0.1) is 11.6 Å². The minimum atomic E-state index is -0.465. The number of rotatable bonds is 4. The molecule has 1 aliphatic heterocycles. The molecule has 2 nitrogen and oxygen atoms in total. The largest absolute Gasteiger partial charge is 0.375 e. The van der Waals surface area contributed by atoms with Crippen molar-refractivity contribution in [1.29, 1.82) is 0 Å². The molecule has 1 saturated heterocycles. The van der Waals surface area contributed by atoms with Crippen LogP contribution in [0.1, 0.15) is 39.2 Å². The molecular weight excluding hydrogens is 260 g/mol. The third kappa shape index (κ3) is 4.00. The maximum absolute atomic E-state index is 13.6. The summed E-state index contributed by atoms with van der Waals surface area (Å²) in [6, 6.07) is 4.39. The number of benzene rings is 1. The molecule has 1 aromatic carbocycles. The highest BCUT2D eigenvalue weighted by atomic mass is 19.1. The summed E-state index contributed by atoms with van der Waals surface area (Å²) in [5.41, 5.74) is 0.167. The maximum Gasteiger partial charge on any atom is 0.129 e. The van der Waals surface area contributed by atoms with Crippen molar-refractivity contribution < 1.29 is 13.5 Å². The Hall–Kier alpha value is -1.00. The number of hydrogen-bond acceptors (Lipinski definition) is 2. The van der Waals surface area contributed by atoms with Gasteiger partial charge in [0.25, 0.3) is 0 Å². The minimum absolute atomic E-state index is 0.0314. The SMILES string of the molecule is CC(Cc1c(F)cccc1F)NC1CC(C)OC(C)C1. The van der Waals surface area contributed by atoms with Gasteiger partial charge in [-0.25, -0.2) is 8.78 Å². The first-order valence-corrected chi connectivity index (χ1v) is 7.30. The lowest BCUT2D eigenvalue weighted by Crippen LogP contribution is -2.45. The molecular formula is C16H23F2NO. The van der Waals surface area contributed by atoms with Crippen molar-refractivity contribution in [2.24, 2.45) is 0 Å². The van der Waals surface area contributed by atoms with Gasteiger partial charge in [-0.3, -0.25) is 0 Å². The third-order valence-corrected chi connectivity index (χ3v) is 3.79. The zero-order valence-electron chi connectivity index (χ0n) is 12.3. The second kappa shape index (κ2) is 6.64. The molecule has 3 unspecified atom stereocenters. The van der Waals surface area contributed by atoms with Crippen molar-refractivity contribution in [2.75, 3.05) is 0 Å². The zero-order valence-corrected chi connectivity index (χ0v) is 12.3. The van der Waals surface area contributed by atoms with E-state index in [-0.39, 0.29) is 23.8 Å². The fraction of sp³-hybridized carbons (Fsp3) is 0.625. The number of hydrogen-bond donors (Lipinski definition) is 1. The molecule has 1 N–H and O–H groups in total. The topological polar surface area (TPSA) is 21.3 Å². The van der Waals surface area contributed by atoms with Crippen molar-refractivity contribution in [3.8, 4) is 0 Å². The molecule has 1 aliphatic rings. The maximum atomic E-state index is 13.6. The monoisotopic (exact) mass is 283 g/mol. The molecule has 1 aromatic rings. The van der Waals surface area contributed by atoms with Crippen LogP contribution < -0.4 is 5.32 Å². The normalized spacial score (nSPS) is 28.4. The molecule has 4 heteroatoms. The van der Waals surface area contributed by atoms with Crippen LogP contribution in [0.25, 0.3) is 0 Å². The van der Waals surface area contributed by atoms with Gasteiger partial charge in [0.1, 0.15) is 11.6 Å². The molecule has 0 aliphatic carbocycles. The second-order valence-corrected chi connectivity index (χ2v) is 5.90. The summed E-state index contributed by atoms with van der Waals surface area (Å²) in [6.07, 6.45) is 2.70. The predicted octanol–water partition coefficient (Wildman–Crippen LogP) is 3.44. The Bertz CT molecular complexity index is 422. The van der Waals surface area contributed by atoms with E-state index in [1.54, 1.807) is 0 Å². The molecule has 0 spiro atoms. The van der Waals surface area contributed by atoms with Crippen LogP contribution in [0.4, 0.5) is 8.78 Å². The standard InChI is InChI=1S/C16H23F2NO/c1-10(7-14-15(17)5-4-6-16(14)18)19-13-8-11(2)20-12(3)9-13/h4-6,10-13,19H,7-9H2,1-3H3. The Morgan fingerprint density at radius 3 is 2.30 bits per heavy atom. The van der Waals surface area contributed by atoms with Crippen LogP contribution in [-0.4, -0.2) is 24.3 Å². The van der Waals surface area contributed by atoms with Crippen molar-refractivity contribution in [3.05, 3.63) is 35.4 Å². The Labute approximate surface area is 119 Å². The van der Waals surface area contributed by atoms with E-state index >= 15 is 0 Å². The van der Waals surface area contributed by atoms with Crippen molar-refractivity contribution in [3.63, 3.8) is 0 Å². The quantitative estimate of drug-likeness (QED) is 0.914.